The third kappa shape index (κ3) is 3.43. The Bertz CT molecular complexity index is 969. The van der Waals surface area contributed by atoms with Crippen molar-refractivity contribution in [2.45, 2.75) is 19.5 Å². The van der Waals surface area contributed by atoms with E-state index in [2.05, 4.69) is 10.4 Å². The number of aromatic nitrogens is 4. The van der Waals surface area contributed by atoms with Gasteiger partial charge in [0.2, 0.25) is 5.91 Å². The molecule has 0 saturated heterocycles. The molecule has 3 aromatic rings. The van der Waals surface area contributed by atoms with Gasteiger partial charge in [0.25, 0.3) is 5.56 Å². The Morgan fingerprint density at radius 3 is 2.67 bits per heavy atom. The molecule has 1 N–H and O–H groups in total. The number of rotatable bonds is 6. The van der Waals surface area contributed by atoms with Gasteiger partial charge < -0.3 is 9.88 Å². The molecule has 0 aliphatic heterocycles. The SMILES string of the molecule is O=C(Cn1ccccc1=O)NCCCn1nc2ccccn2c1=O. The largest absolute Gasteiger partial charge is 0.354 e. The van der Waals surface area contributed by atoms with Crippen LogP contribution >= 0.6 is 0 Å². The van der Waals surface area contributed by atoms with Crippen LogP contribution in [0.3, 0.4) is 0 Å². The molecule has 3 heterocycles. The molecule has 0 aliphatic rings. The topological polar surface area (TPSA) is 90.4 Å². The van der Waals surface area contributed by atoms with E-state index in [1.807, 2.05) is 6.07 Å². The number of hydrogen-bond acceptors (Lipinski definition) is 4. The summed E-state index contributed by atoms with van der Waals surface area (Å²) in [7, 11) is 0. The van der Waals surface area contributed by atoms with Gasteiger partial charge in [-0.3, -0.25) is 14.0 Å². The van der Waals surface area contributed by atoms with E-state index in [9.17, 15) is 14.4 Å². The predicted octanol–water partition coefficient (Wildman–Crippen LogP) is -0.136. The summed E-state index contributed by atoms with van der Waals surface area (Å²) < 4.78 is 4.19. The molecule has 124 valence electrons. The second kappa shape index (κ2) is 6.95. The minimum Gasteiger partial charge on any atom is -0.354 e. The Morgan fingerprint density at radius 2 is 1.88 bits per heavy atom. The summed E-state index contributed by atoms with van der Waals surface area (Å²) in [4.78, 5) is 35.4. The summed E-state index contributed by atoms with van der Waals surface area (Å²) in [5.74, 6) is -0.245. The number of aryl methyl sites for hydroxylation is 1. The number of carbonyl (C=O) groups is 1. The number of nitrogens with one attached hydrogen (secondary N) is 1. The summed E-state index contributed by atoms with van der Waals surface area (Å²) >= 11 is 0. The Labute approximate surface area is 137 Å². The summed E-state index contributed by atoms with van der Waals surface area (Å²) in [6.07, 6.45) is 3.80. The molecule has 0 bridgehead atoms. The zero-order valence-electron chi connectivity index (χ0n) is 13.0. The lowest BCUT2D eigenvalue weighted by Crippen LogP contribution is -2.33. The highest BCUT2D eigenvalue weighted by molar-refractivity contribution is 5.75. The van der Waals surface area contributed by atoms with Crippen molar-refractivity contribution in [3.05, 3.63) is 69.6 Å². The molecule has 3 aromatic heterocycles. The molecular weight excluding hydrogens is 310 g/mol. The first-order chi connectivity index (χ1) is 11.6. The molecule has 0 radical (unpaired) electrons. The molecule has 0 aliphatic carbocycles. The Balaban J connectivity index is 1.50. The van der Waals surface area contributed by atoms with Gasteiger partial charge in [-0.2, -0.15) is 0 Å². The van der Waals surface area contributed by atoms with Crippen LogP contribution in [0.2, 0.25) is 0 Å². The number of pyridine rings is 2. The number of hydrogen-bond donors (Lipinski definition) is 1. The van der Waals surface area contributed by atoms with Crippen LogP contribution in [-0.4, -0.2) is 31.2 Å². The normalized spacial score (nSPS) is 10.8. The zero-order chi connectivity index (χ0) is 16.9. The molecule has 0 atom stereocenters. The lowest BCUT2D eigenvalue weighted by Gasteiger charge is -2.06. The fourth-order valence-corrected chi connectivity index (χ4v) is 2.37. The van der Waals surface area contributed by atoms with Gasteiger partial charge >= 0.3 is 5.69 Å². The molecule has 1 amide bonds. The molecule has 3 rings (SSSR count). The van der Waals surface area contributed by atoms with E-state index in [0.717, 1.165) is 0 Å². The quantitative estimate of drug-likeness (QED) is 0.638. The highest BCUT2D eigenvalue weighted by atomic mass is 16.2. The maximum Gasteiger partial charge on any atom is 0.350 e. The van der Waals surface area contributed by atoms with Crippen LogP contribution in [0.1, 0.15) is 6.42 Å². The van der Waals surface area contributed by atoms with Crippen LogP contribution in [0, 0.1) is 0 Å². The van der Waals surface area contributed by atoms with Gasteiger partial charge in [0.15, 0.2) is 5.65 Å². The molecule has 0 spiro atoms. The highest BCUT2D eigenvalue weighted by Gasteiger charge is 2.06. The minimum absolute atomic E-state index is 0.0199. The van der Waals surface area contributed by atoms with E-state index in [4.69, 9.17) is 0 Å². The molecule has 24 heavy (non-hydrogen) atoms. The van der Waals surface area contributed by atoms with E-state index in [1.165, 1.54) is 19.7 Å². The van der Waals surface area contributed by atoms with Crippen molar-refractivity contribution in [2.75, 3.05) is 6.54 Å². The van der Waals surface area contributed by atoms with Crippen molar-refractivity contribution in [1.29, 1.82) is 0 Å². The number of carbonyl (C=O) groups excluding carboxylic acids is 1. The van der Waals surface area contributed by atoms with Gasteiger partial charge in [-0.1, -0.05) is 12.1 Å². The van der Waals surface area contributed by atoms with E-state index < -0.39 is 0 Å². The number of amides is 1. The minimum atomic E-state index is -0.245. The second-order valence-electron chi connectivity index (χ2n) is 5.30. The number of fused-ring (bicyclic) bond motifs is 1. The molecule has 0 saturated carbocycles. The Kier molecular flexibility index (Phi) is 4.55. The monoisotopic (exact) mass is 327 g/mol. The van der Waals surface area contributed by atoms with Crippen LogP contribution in [0.15, 0.2) is 58.4 Å². The van der Waals surface area contributed by atoms with Gasteiger partial charge in [0, 0.05) is 31.5 Å². The van der Waals surface area contributed by atoms with E-state index in [-0.39, 0.29) is 23.7 Å². The maximum atomic E-state index is 12.1. The van der Waals surface area contributed by atoms with Crippen molar-refractivity contribution >= 4 is 11.6 Å². The Hall–Kier alpha value is -3.16. The first-order valence-corrected chi connectivity index (χ1v) is 7.61. The summed E-state index contributed by atoms with van der Waals surface area (Å²) in [5, 5.41) is 6.95. The molecule has 8 nitrogen and oxygen atoms in total. The van der Waals surface area contributed by atoms with Crippen molar-refractivity contribution in [2.24, 2.45) is 0 Å². The van der Waals surface area contributed by atoms with Gasteiger partial charge in [0.1, 0.15) is 6.54 Å². The molecule has 0 aromatic carbocycles. The van der Waals surface area contributed by atoms with Crippen molar-refractivity contribution in [3.63, 3.8) is 0 Å². The maximum absolute atomic E-state index is 12.1. The van der Waals surface area contributed by atoms with E-state index >= 15 is 0 Å². The van der Waals surface area contributed by atoms with Crippen molar-refractivity contribution < 1.29 is 4.79 Å². The Morgan fingerprint density at radius 1 is 1.08 bits per heavy atom. The fraction of sp³-hybridized carbons (Fsp3) is 0.250. The third-order valence-electron chi connectivity index (χ3n) is 3.57. The summed E-state index contributed by atoms with van der Waals surface area (Å²) in [6.45, 7) is 0.792. The van der Waals surface area contributed by atoms with Crippen molar-refractivity contribution in [1.82, 2.24) is 24.1 Å². The number of nitrogens with zero attached hydrogens (tertiary/aromatic N) is 4. The van der Waals surface area contributed by atoms with Gasteiger partial charge in [-0.25, -0.2) is 9.48 Å². The molecule has 0 unspecified atom stereocenters. The van der Waals surface area contributed by atoms with Gasteiger partial charge in [0.05, 0.1) is 0 Å². The van der Waals surface area contributed by atoms with Crippen molar-refractivity contribution in [3.8, 4) is 0 Å². The lowest BCUT2D eigenvalue weighted by molar-refractivity contribution is -0.121. The molecule has 0 fully saturated rings. The van der Waals surface area contributed by atoms with Crippen LogP contribution in [-0.2, 0) is 17.9 Å². The van der Waals surface area contributed by atoms with Crippen LogP contribution in [0.4, 0.5) is 0 Å². The highest BCUT2D eigenvalue weighted by Crippen LogP contribution is 1.95. The van der Waals surface area contributed by atoms with Crippen LogP contribution < -0.4 is 16.6 Å². The van der Waals surface area contributed by atoms with Gasteiger partial charge in [-0.05, 0) is 24.6 Å². The second-order valence-corrected chi connectivity index (χ2v) is 5.30. The third-order valence-corrected chi connectivity index (χ3v) is 3.57. The first-order valence-electron chi connectivity index (χ1n) is 7.61. The average molecular weight is 327 g/mol. The molecular formula is C16H17N5O3. The average Bonchev–Trinajstić information content (AvgIpc) is 2.90. The molecule has 8 heteroatoms. The smallest absolute Gasteiger partial charge is 0.350 e. The van der Waals surface area contributed by atoms with E-state index in [1.54, 1.807) is 36.7 Å². The first kappa shape index (κ1) is 15.7. The van der Waals surface area contributed by atoms with Crippen LogP contribution in [0.25, 0.3) is 5.65 Å². The predicted molar refractivity (Wildman–Crippen MR) is 87.8 cm³/mol. The summed E-state index contributed by atoms with van der Waals surface area (Å²) in [6, 6.07) is 10.1. The summed E-state index contributed by atoms with van der Waals surface area (Å²) in [5.41, 5.74) is 0.173. The standard InChI is InChI=1S/C16H17N5O3/c22-14(12-19-9-3-2-7-15(19)23)17-8-5-11-21-16(24)20-10-4-1-6-13(20)18-21/h1-4,6-7,9-10H,5,8,11-12H2,(H,17,22). The van der Waals surface area contributed by atoms with E-state index in [0.29, 0.717) is 25.2 Å². The fourth-order valence-electron chi connectivity index (χ4n) is 2.37. The van der Waals surface area contributed by atoms with Crippen LogP contribution in [0.5, 0.6) is 0 Å². The zero-order valence-corrected chi connectivity index (χ0v) is 13.0. The van der Waals surface area contributed by atoms with Gasteiger partial charge in [-0.15, -0.1) is 5.10 Å². The lowest BCUT2D eigenvalue weighted by atomic mass is 10.4.